The van der Waals surface area contributed by atoms with E-state index in [4.69, 9.17) is 10.8 Å². The van der Waals surface area contributed by atoms with Gasteiger partial charge in [-0.05, 0) is 25.9 Å². The summed E-state index contributed by atoms with van der Waals surface area (Å²) in [5.74, 6) is 0. The van der Waals surface area contributed by atoms with Gasteiger partial charge in [0, 0.05) is 0 Å². The maximum atomic E-state index is 9.16. The van der Waals surface area contributed by atoms with Crippen LogP contribution in [0, 0.1) is 0 Å². The molecule has 0 aromatic rings. The Morgan fingerprint density at radius 3 is 2.73 bits per heavy atom. The van der Waals surface area contributed by atoms with E-state index >= 15 is 0 Å². The van der Waals surface area contributed by atoms with Crippen LogP contribution in [-0.2, 0) is 0 Å². The number of hydrogen-bond donors (Lipinski definition) is 3. The molecule has 0 aromatic heterocycles. The van der Waals surface area contributed by atoms with Crippen LogP contribution in [0.25, 0.3) is 0 Å². The van der Waals surface area contributed by atoms with E-state index in [2.05, 4.69) is 12.2 Å². The van der Waals surface area contributed by atoms with Crippen LogP contribution in [0.2, 0.25) is 0 Å². The van der Waals surface area contributed by atoms with Gasteiger partial charge in [-0.25, -0.2) is 0 Å². The summed E-state index contributed by atoms with van der Waals surface area (Å²) in [6, 6.07) is 0. The van der Waals surface area contributed by atoms with Gasteiger partial charge in [0.15, 0.2) is 0 Å². The van der Waals surface area contributed by atoms with Gasteiger partial charge in [0.25, 0.3) is 0 Å². The average Bonchev–Trinajstić information content (AvgIpc) is 1.99. The second kappa shape index (κ2) is 7.98. The molecule has 0 spiro atoms. The fourth-order valence-electron chi connectivity index (χ4n) is 0.904. The molecule has 1 atom stereocenters. The summed E-state index contributed by atoms with van der Waals surface area (Å²) in [5, 5.41) is 12.2. The highest BCUT2D eigenvalue weighted by atomic mass is 16.3. The third-order valence-electron chi connectivity index (χ3n) is 1.60. The predicted molar refractivity (Wildman–Crippen MR) is 47.2 cm³/mol. The molecule has 0 rings (SSSR count). The minimum absolute atomic E-state index is 0.406. The normalized spacial score (nSPS) is 13.4. The lowest BCUT2D eigenvalue weighted by Gasteiger charge is -2.10. The van der Waals surface area contributed by atoms with Gasteiger partial charge in [-0.15, -0.1) is 0 Å². The van der Waals surface area contributed by atoms with Gasteiger partial charge in [-0.3, -0.25) is 5.32 Å². The maximum Gasteiger partial charge on any atom is 0.106 e. The lowest BCUT2D eigenvalue weighted by molar-refractivity contribution is 0.130. The molecule has 0 aliphatic heterocycles. The van der Waals surface area contributed by atoms with E-state index in [9.17, 15) is 0 Å². The first-order valence-corrected chi connectivity index (χ1v) is 4.42. The summed E-state index contributed by atoms with van der Waals surface area (Å²) in [4.78, 5) is 0. The predicted octanol–water partition coefficient (Wildman–Crippen LogP) is 0.433. The van der Waals surface area contributed by atoms with Crippen molar-refractivity contribution >= 4 is 0 Å². The Bertz CT molecular complexity index is 78.5. The number of unbranched alkanes of at least 4 members (excludes halogenated alkanes) is 2. The molecule has 0 amide bonds. The van der Waals surface area contributed by atoms with Gasteiger partial charge in [0.1, 0.15) is 6.23 Å². The average molecular weight is 160 g/mol. The number of hydrogen-bond acceptors (Lipinski definition) is 3. The summed E-state index contributed by atoms with van der Waals surface area (Å²) in [7, 11) is 0. The number of rotatable bonds is 7. The lowest BCUT2D eigenvalue weighted by atomic mass is 10.2. The molecule has 11 heavy (non-hydrogen) atoms. The monoisotopic (exact) mass is 160 g/mol. The molecule has 0 aliphatic carbocycles. The third-order valence-corrected chi connectivity index (χ3v) is 1.60. The van der Waals surface area contributed by atoms with E-state index in [1.807, 2.05) is 0 Å². The maximum absolute atomic E-state index is 9.16. The zero-order valence-electron chi connectivity index (χ0n) is 7.34. The molecule has 3 nitrogen and oxygen atoms in total. The van der Waals surface area contributed by atoms with Crippen molar-refractivity contribution in [3.63, 3.8) is 0 Å². The largest absolute Gasteiger partial charge is 0.379 e. The summed E-state index contributed by atoms with van der Waals surface area (Å²) < 4.78 is 0. The van der Waals surface area contributed by atoms with E-state index in [1.165, 1.54) is 12.8 Å². The molecule has 0 aromatic carbocycles. The SMILES string of the molecule is CCCCCN[C@@H](O)CCN. The van der Waals surface area contributed by atoms with Gasteiger partial charge in [0.05, 0.1) is 0 Å². The van der Waals surface area contributed by atoms with Crippen molar-refractivity contribution in [2.75, 3.05) is 13.1 Å². The molecular weight excluding hydrogens is 140 g/mol. The smallest absolute Gasteiger partial charge is 0.106 e. The van der Waals surface area contributed by atoms with Gasteiger partial charge in [0.2, 0.25) is 0 Å². The quantitative estimate of drug-likeness (QED) is 0.374. The highest BCUT2D eigenvalue weighted by molar-refractivity contribution is 4.53. The number of nitrogens with two attached hydrogens (primary N) is 1. The van der Waals surface area contributed by atoms with E-state index < -0.39 is 6.23 Å². The Morgan fingerprint density at radius 1 is 1.45 bits per heavy atom. The van der Waals surface area contributed by atoms with Crippen molar-refractivity contribution in [1.29, 1.82) is 0 Å². The summed E-state index contributed by atoms with van der Waals surface area (Å²) in [6.45, 7) is 3.60. The number of nitrogens with one attached hydrogen (secondary N) is 1. The minimum atomic E-state index is -0.406. The van der Waals surface area contributed by atoms with Crippen molar-refractivity contribution < 1.29 is 5.11 Å². The first-order chi connectivity index (χ1) is 5.31. The van der Waals surface area contributed by atoms with Crippen molar-refractivity contribution in [3.8, 4) is 0 Å². The van der Waals surface area contributed by atoms with Crippen molar-refractivity contribution in [2.45, 2.75) is 38.8 Å². The summed E-state index contributed by atoms with van der Waals surface area (Å²) >= 11 is 0. The van der Waals surface area contributed by atoms with Crippen LogP contribution in [0.15, 0.2) is 0 Å². The van der Waals surface area contributed by atoms with Crippen LogP contribution in [-0.4, -0.2) is 24.4 Å². The Balaban J connectivity index is 2.97. The van der Waals surface area contributed by atoms with Gasteiger partial charge in [-0.2, -0.15) is 0 Å². The standard InChI is InChI=1S/C8H20N2O/c1-2-3-4-7-10-8(11)5-6-9/h8,10-11H,2-7,9H2,1H3/t8-/m0/s1. The fourth-order valence-corrected chi connectivity index (χ4v) is 0.904. The van der Waals surface area contributed by atoms with E-state index in [1.54, 1.807) is 0 Å². The van der Waals surface area contributed by atoms with Crippen molar-refractivity contribution in [3.05, 3.63) is 0 Å². The van der Waals surface area contributed by atoms with Crippen LogP contribution in [0.1, 0.15) is 32.6 Å². The van der Waals surface area contributed by atoms with Gasteiger partial charge >= 0.3 is 0 Å². The first-order valence-electron chi connectivity index (χ1n) is 4.42. The molecule has 0 unspecified atom stereocenters. The summed E-state index contributed by atoms with van der Waals surface area (Å²) in [6.07, 6.45) is 3.82. The van der Waals surface area contributed by atoms with Gasteiger partial charge < -0.3 is 10.8 Å². The highest BCUT2D eigenvalue weighted by Crippen LogP contribution is 1.92. The molecule has 3 heteroatoms. The molecule has 0 radical (unpaired) electrons. The van der Waals surface area contributed by atoms with E-state index in [-0.39, 0.29) is 0 Å². The van der Waals surface area contributed by atoms with E-state index in [0.29, 0.717) is 13.0 Å². The first kappa shape index (κ1) is 10.9. The minimum Gasteiger partial charge on any atom is -0.379 e. The Hall–Kier alpha value is -0.120. The second-order valence-corrected chi connectivity index (χ2v) is 2.75. The summed E-state index contributed by atoms with van der Waals surface area (Å²) in [5.41, 5.74) is 5.26. The molecule has 0 aliphatic rings. The molecule has 68 valence electrons. The molecular formula is C8H20N2O. The Kier molecular flexibility index (Phi) is 7.89. The lowest BCUT2D eigenvalue weighted by Crippen LogP contribution is -2.31. The Labute approximate surface area is 69.0 Å². The van der Waals surface area contributed by atoms with Crippen LogP contribution in [0.4, 0.5) is 0 Å². The molecule has 0 heterocycles. The van der Waals surface area contributed by atoms with Gasteiger partial charge in [-0.1, -0.05) is 19.8 Å². The topological polar surface area (TPSA) is 58.3 Å². The molecule has 0 fully saturated rings. The van der Waals surface area contributed by atoms with Crippen molar-refractivity contribution in [1.82, 2.24) is 5.32 Å². The molecule has 0 saturated heterocycles. The molecule has 4 N–H and O–H groups in total. The van der Waals surface area contributed by atoms with Crippen LogP contribution in [0.3, 0.4) is 0 Å². The fraction of sp³-hybridized carbons (Fsp3) is 1.00. The van der Waals surface area contributed by atoms with Crippen molar-refractivity contribution in [2.24, 2.45) is 5.73 Å². The molecule has 0 bridgehead atoms. The number of aliphatic hydroxyl groups is 1. The zero-order valence-corrected chi connectivity index (χ0v) is 7.34. The Morgan fingerprint density at radius 2 is 2.18 bits per heavy atom. The zero-order chi connectivity index (χ0) is 8.53. The van der Waals surface area contributed by atoms with E-state index in [0.717, 1.165) is 13.0 Å². The second-order valence-electron chi connectivity index (χ2n) is 2.75. The molecule has 0 saturated carbocycles. The third kappa shape index (κ3) is 7.78. The van der Waals surface area contributed by atoms with Crippen LogP contribution >= 0.6 is 0 Å². The van der Waals surface area contributed by atoms with Crippen LogP contribution < -0.4 is 11.1 Å². The van der Waals surface area contributed by atoms with Crippen LogP contribution in [0.5, 0.6) is 0 Å². The number of aliphatic hydroxyl groups excluding tert-OH is 1. The highest BCUT2D eigenvalue weighted by Gasteiger charge is 1.98.